The molecule has 0 bridgehead atoms. The summed E-state index contributed by atoms with van der Waals surface area (Å²) in [6.07, 6.45) is -1.18. The van der Waals surface area contributed by atoms with Gasteiger partial charge in [0.1, 0.15) is 5.75 Å². The number of aryl methyl sites for hydroxylation is 2. The molecule has 2 aromatic carbocycles. The van der Waals surface area contributed by atoms with Crippen LogP contribution < -0.4 is 10.1 Å². The predicted molar refractivity (Wildman–Crippen MR) is 92.0 cm³/mol. The first-order valence-corrected chi connectivity index (χ1v) is 8.54. The molecular formula is C20H20F3NO2. The Hall–Kier alpha value is -2.50. The zero-order valence-corrected chi connectivity index (χ0v) is 14.4. The van der Waals surface area contributed by atoms with E-state index in [1.807, 2.05) is 18.2 Å². The summed E-state index contributed by atoms with van der Waals surface area (Å²) in [6.45, 7) is 1.46. The van der Waals surface area contributed by atoms with Gasteiger partial charge in [0.25, 0.3) is 5.91 Å². The van der Waals surface area contributed by atoms with Crippen molar-refractivity contribution in [3.8, 4) is 5.75 Å². The van der Waals surface area contributed by atoms with Crippen molar-refractivity contribution in [2.45, 2.75) is 38.4 Å². The maximum atomic E-state index is 12.8. The van der Waals surface area contributed by atoms with E-state index in [4.69, 9.17) is 4.74 Å². The maximum Gasteiger partial charge on any atom is 0.416 e. The third-order valence-corrected chi connectivity index (χ3v) is 4.53. The Bertz CT molecular complexity index is 802. The number of carbonyl (C=O) groups is 1. The van der Waals surface area contributed by atoms with Gasteiger partial charge in [0.2, 0.25) is 0 Å². The topological polar surface area (TPSA) is 38.3 Å². The Kier molecular flexibility index (Phi) is 5.20. The third-order valence-electron chi connectivity index (χ3n) is 4.53. The molecule has 26 heavy (non-hydrogen) atoms. The molecule has 1 N–H and O–H groups in total. The summed E-state index contributed by atoms with van der Waals surface area (Å²) in [4.78, 5) is 12.1. The van der Waals surface area contributed by atoms with Crippen LogP contribution in [0, 0.1) is 0 Å². The zero-order valence-electron chi connectivity index (χ0n) is 14.4. The second-order valence-corrected chi connectivity index (χ2v) is 6.49. The molecule has 0 aromatic heterocycles. The first-order chi connectivity index (χ1) is 12.3. The molecule has 2 aromatic rings. The molecule has 0 saturated heterocycles. The number of fused-ring (bicyclic) bond motifs is 1. The Morgan fingerprint density at radius 3 is 2.69 bits per heavy atom. The number of rotatable bonds is 5. The number of ether oxygens (including phenoxy) is 1. The van der Waals surface area contributed by atoms with Crippen LogP contribution in [0.2, 0.25) is 0 Å². The van der Waals surface area contributed by atoms with Gasteiger partial charge in [-0.2, -0.15) is 13.2 Å². The van der Waals surface area contributed by atoms with Crippen LogP contribution >= 0.6 is 0 Å². The van der Waals surface area contributed by atoms with E-state index in [1.165, 1.54) is 17.2 Å². The first kappa shape index (κ1) is 18.3. The van der Waals surface area contributed by atoms with Gasteiger partial charge in [-0.15, -0.1) is 0 Å². The number of benzene rings is 2. The Morgan fingerprint density at radius 1 is 1.15 bits per heavy atom. The number of alkyl halides is 3. The van der Waals surface area contributed by atoms with Gasteiger partial charge >= 0.3 is 6.18 Å². The fraction of sp³-hybridized carbons (Fsp3) is 0.350. The molecule has 0 saturated carbocycles. The summed E-state index contributed by atoms with van der Waals surface area (Å²) in [5, 5.41) is 2.67. The van der Waals surface area contributed by atoms with Crippen molar-refractivity contribution >= 4 is 5.91 Å². The summed E-state index contributed by atoms with van der Waals surface area (Å²) < 4.78 is 43.9. The van der Waals surface area contributed by atoms with E-state index in [0.717, 1.165) is 31.4 Å². The molecule has 0 heterocycles. The van der Waals surface area contributed by atoms with Gasteiger partial charge in [-0.3, -0.25) is 4.79 Å². The van der Waals surface area contributed by atoms with Crippen LogP contribution in [0.1, 0.15) is 41.6 Å². The second kappa shape index (κ2) is 7.40. The average Bonchev–Trinajstić information content (AvgIpc) is 3.07. The number of hydrogen-bond donors (Lipinski definition) is 1. The van der Waals surface area contributed by atoms with Gasteiger partial charge in [0, 0.05) is 0 Å². The van der Waals surface area contributed by atoms with E-state index in [1.54, 1.807) is 13.0 Å². The van der Waals surface area contributed by atoms with Crippen LogP contribution in [0.5, 0.6) is 5.75 Å². The van der Waals surface area contributed by atoms with Crippen molar-refractivity contribution in [1.29, 1.82) is 0 Å². The van der Waals surface area contributed by atoms with Gasteiger partial charge < -0.3 is 10.1 Å². The zero-order chi connectivity index (χ0) is 18.7. The number of nitrogens with one attached hydrogen (secondary N) is 1. The summed E-state index contributed by atoms with van der Waals surface area (Å²) in [5.41, 5.74) is 2.23. The van der Waals surface area contributed by atoms with Crippen LogP contribution in [0.3, 0.4) is 0 Å². The number of hydrogen-bond acceptors (Lipinski definition) is 2. The number of amides is 1. The van der Waals surface area contributed by atoms with Crippen molar-refractivity contribution in [3.05, 3.63) is 64.7 Å². The van der Waals surface area contributed by atoms with Crippen molar-refractivity contribution in [3.63, 3.8) is 0 Å². The summed E-state index contributed by atoms with van der Waals surface area (Å²) >= 11 is 0. The molecule has 0 radical (unpaired) electrons. The molecule has 1 atom stereocenters. The Balaban J connectivity index is 1.56. The van der Waals surface area contributed by atoms with Crippen LogP contribution in [0.25, 0.3) is 0 Å². The fourth-order valence-electron chi connectivity index (χ4n) is 3.14. The highest BCUT2D eigenvalue weighted by atomic mass is 19.4. The molecule has 3 rings (SSSR count). The van der Waals surface area contributed by atoms with Crippen molar-refractivity contribution < 1.29 is 22.7 Å². The molecular weight excluding hydrogens is 343 g/mol. The lowest BCUT2D eigenvalue weighted by atomic mass is 10.0. The third kappa shape index (κ3) is 4.36. The standard InChI is InChI=1S/C20H20F3NO2/c1-13(15-5-3-7-17(10-15)20(21,22)23)24-19(25)12-26-18-9-8-14-4-2-6-16(14)11-18/h3,5,7-11,13H,2,4,6,12H2,1H3,(H,24,25)/t13-/m1/s1. The SMILES string of the molecule is C[C@@H](NC(=O)COc1ccc2c(c1)CCC2)c1cccc(C(F)(F)F)c1. The molecule has 1 amide bonds. The average molecular weight is 363 g/mol. The van der Waals surface area contributed by atoms with Gasteiger partial charge in [-0.1, -0.05) is 18.2 Å². The van der Waals surface area contributed by atoms with E-state index in [2.05, 4.69) is 5.32 Å². The highest BCUT2D eigenvalue weighted by Gasteiger charge is 2.30. The Labute approximate surface area is 150 Å². The summed E-state index contributed by atoms with van der Waals surface area (Å²) in [5.74, 6) is 0.253. The number of halogens is 3. The first-order valence-electron chi connectivity index (χ1n) is 8.54. The van der Waals surface area contributed by atoms with Crippen LogP contribution in [0.15, 0.2) is 42.5 Å². The van der Waals surface area contributed by atoms with Crippen LogP contribution in [-0.4, -0.2) is 12.5 Å². The lowest BCUT2D eigenvalue weighted by molar-refractivity contribution is -0.137. The lowest BCUT2D eigenvalue weighted by Gasteiger charge is -2.16. The Morgan fingerprint density at radius 2 is 1.92 bits per heavy atom. The van der Waals surface area contributed by atoms with Crippen molar-refractivity contribution in [1.82, 2.24) is 5.32 Å². The van der Waals surface area contributed by atoms with Gasteiger partial charge in [-0.25, -0.2) is 0 Å². The fourth-order valence-corrected chi connectivity index (χ4v) is 3.14. The molecule has 3 nitrogen and oxygen atoms in total. The summed E-state index contributed by atoms with van der Waals surface area (Å²) in [6, 6.07) is 10.2. The van der Waals surface area contributed by atoms with Gasteiger partial charge in [0.15, 0.2) is 6.61 Å². The second-order valence-electron chi connectivity index (χ2n) is 6.49. The number of carbonyl (C=O) groups excluding carboxylic acids is 1. The largest absolute Gasteiger partial charge is 0.484 e. The molecule has 0 unspecified atom stereocenters. The lowest BCUT2D eigenvalue weighted by Crippen LogP contribution is -2.31. The molecule has 138 valence electrons. The van der Waals surface area contributed by atoms with E-state index < -0.39 is 17.8 Å². The van der Waals surface area contributed by atoms with E-state index in [9.17, 15) is 18.0 Å². The predicted octanol–water partition coefficient (Wildman–Crippen LogP) is 4.45. The quantitative estimate of drug-likeness (QED) is 0.852. The monoisotopic (exact) mass is 363 g/mol. The summed E-state index contributed by atoms with van der Waals surface area (Å²) in [7, 11) is 0. The minimum Gasteiger partial charge on any atom is -0.484 e. The van der Waals surface area contributed by atoms with Gasteiger partial charge in [-0.05, 0) is 67.1 Å². The van der Waals surface area contributed by atoms with E-state index >= 15 is 0 Å². The highest BCUT2D eigenvalue weighted by Crippen LogP contribution is 2.30. The van der Waals surface area contributed by atoms with E-state index in [0.29, 0.717) is 11.3 Å². The van der Waals surface area contributed by atoms with Crippen LogP contribution in [-0.2, 0) is 23.8 Å². The maximum absolute atomic E-state index is 12.8. The normalized spacial score (nSPS) is 14.6. The van der Waals surface area contributed by atoms with Crippen LogP contribution in [0.4, 0.5) is 13.2 Å². The highest BCUT2D eigenvalue weighted by molar-refractivity contribution is 5.78. The molecule has 0 spiro atoms. The van der Waals surface area contributed by atoms with Crippen molar-refractivity contribution in [2.75, 3.05) is 6.61 Å². The molecule has 6 heteroatoms. The molecule has 0 aliphatic heterocycles. The molecule has 1 aliphatic rings. The molecule has 1 aliphatic carbocycles. The van der Waals surface area contributed by atoms with Gasteiger partial charge in [0.05, 0.1) is 11.6 Å². The molecule has 0 fully saturated rings. The van der Waals surface area contributed by atoms with E-state index in [-0.39, 0.29) is 12.5 Å². The minimum absolute atomic E-state index is 0.178. The smallest absolute Gasteiger partial charge is 0.416 e. The minimum atomic E-state index is -4.41. The van der Waals surface area contributed by atoms with Crippen molar-refractivity contribution in [2.24, 2.45) is 0 Å².